The third-order valence-electron chi connectivity index (χ3n) is 4.28. The maximum atomic E-state index is 13.8. The van der Waals surface area contributed by atoms with Crippen molar-refractivity contribution in [2.24, 2.45) is 0 Å². The maximum absolute atomic E-state index is 13.8. The SMILES string of the molecule is O=C([O-])c1cccc(C[NH+]2CCN(c3ccccc3F)CC2)c1. The number of rotatable bonds is 4. The number of nitrogens with zero attached hydrogens (tertiary/aromatic N) is 1. The second kappa shape index (κ2) is 6.79. The summed E-state index contributed by atoms with van der Waals surface area (Å²) in [6, 6.07) is 13.7. The van der Waals surface area contributed by atoms with Crippen molar-refractivity contribution < 1.29 is 19.2 Å². The zero-order valence-corrected chi connectivity index (χ0v) is 12.8. The average molecular weight is 314 g/mol. The molecule has 0 bridgehead atoms. The Hall–Kier alpha value is -2.40. The van der Waals surface area contributed by atoms with Crippen molar-refractivity contribution in [2.75, 3.05) is 31.1 Å². The molecule has 0 radical (unpaired) electrons. The summed E-state index contributed by atoms with van der Waals surface area (Å²) in [5, 5.41) is 10.9. The molecular formula is C18H19FN2O2. The highest BCUT2D eigenvalue weighted by Gasteiger charge is 2.22. The van der Waals surface area contributed by atoms with Crippen LogP contribution in [0.4, 0.5) is 10.1 Å². The van der Waals surface area contributed by atoms with Gasteiger partial charge in [0, 0.05) is 5.56 Å². The van der Waals surface area contributed by atoms with Gasteiger partial charge in [-0.1, -0.05) is 30.3 Å². The highest BCUT2D eigenvalue weighted by atomic mass is 19.1. The fourth-order valence-corrected chi connectivity index (χ4v) is 3.05. The Labute approximate surface area is 134 Å². The van der Waals surface area contributed by atoms with Crippen molar-refractivity contribution in [3.8, 4) is 0 Å². The molecule has 0 aliphatic carbocycles. The van der Waals surface area contributed by atoms with Crippen molar-refractivity contribution in [1.82, 2.24) is 0 Å². The number of benzene rings is 2. The topological polar surface area (TPSA) is 47.8 Å². The molecule has 120 valence electrons. The minimum atomic E-state index is -1.15. The number of nitrogens with one attached hydrogen (secondary N) is 1. The van der Waals surface area contributed by atoms with E-state index in [9.17, 15) is 14.3 Å². The lowest BCUT2D eigenvalue weighted by Crippen LogP contribution is -3.13. The van der Waals surface area contributed by atoms with E-state index in [4.69, 9.17) is 0 Å². The molecule has 0 aromatic heterocycles. The number of carboxylic acids is 1. The van der Waals surface area contributed by atoms with Crippen LogP contribution < -0.4 is 14.9 Å². The highest BCUT2D eigenvalue weighted by Crippen LogP contribution is 2.18. The lowest BCUT2D eigenvalue weighted by atomic mass is 10.1. The highest BCUT2D eigenvalue weighted by molar-refractivity contribution is 5.85. The molecule has 0 unspecified atom stereocenters. The van der Waals surface area contributed by atoms with E-state index >= 15 is 0 Å². The smallest absolute Gasteiger partial charge is 0.146 e. The molecule has 1 heterocycles. The first-order chi connectivity index (χ1) is 11.1. The Morgan fingerprint density at radius 2 is 1.87 bits per heavy atom. The molecule has 0 spiro atoms. The van der Waals surface area contributed by atoms with Crippen molar-refractivity contribution in [2.45, 2.75) is 6.54 Å². The van der Waals surface area contributed by atoms with Gasteiger partial charge in [0.2, 0.25) is 0 Å². The number of halogens is 1. The molecule has 2 aromatic carbocycles. The van der Waals surface area contributed by atoms with Gasteiger partial charge in [-0.05, 0) is 23.8 Å². The number of hydrogen-bond donors (Lipinski definition) is 1. The molecule has 1 aliphatic rings. The van der Waals surface area contributed by atoms with Crippen LogP contribution in [0.25, 0.3) is 0 Å². The van der Waals surface area contributed by atoms with Gasteiger partial charge in [-0.2, -0.15) is 0 Å². The van der Waals surface area contributed by atoms with Crippen LogP contribution in [0.1, 0.15) is 15.9 Å². The van der Waals surface area contributed by atoms with E-state index in [2.05, 4.69) is 4.90 Å². The number of carbonyl (C=O) groups excluding carboxylic acids is 1. The lowest BCUT2D eigenvalue weighted by Gasteiger charge is -2.33. The molecule has 2 aromatic rings. The van der Waals surface area contributed by atoms with Gasteiger partial charge in [0.25, 0.3) is 0 Å². The number of anilines is 1. The monoisotopic (exact) mass is 314 g/mol. The van der Waals surface area contributed by atoms with E-state index in [0.29, 0.717) is 5.69 Å². The maximum Gasteiger partial charge on any atom is 0.146 e. The summed E-state index contributed by atoms with van der Waals surface area (Å²) in [6.45, 7) is 4.13. The molecule has 1 fully saturated rings. The fourth-order valence-electron chi connectivity index (χ4n) is 3.05. The first-order valence-corrected chi connectivity index (χ1v) is 7.77. The van der Waals surface area contributed by atoms with Crippen LogP contribution in [-0.2, 0) is 6.54 Å². The number of carbonyl (C=O) groups is 1. The van der Waals surface area contributed by atoms with E-state index < -0.39 is 5.97 Å². The Morgan fingerprint density at radius 1 is 1.13 bits per heavy atom. The summed E-state index contributed by atoms with van der Waals surface area (Å²) in [6.07, 6.45) is 0. The fraction of sp³-hybridized carbons (Fsp3) is 0.278. The molecular weight excluding hydrogens is 295 g/mol. The second-order valence-corrected chi connectivity index (χ2v) is 5.85. The van der Waals surface area contributed by atoms with Gasteiger partial charge in [-0.3, -0.25) is 0 Å². The minimum Gasteiger partial charge on any atom is -0.545 e. The molecule has 0 saturated carbocycles. The number of hydrogen-bond acceptors (Lipinski definition) is 3. The molecule has 0 amide bonds. The van der Waals surface area contributed by atoms with Crippen molar-refractivity contribution >= 4 is 11.7 Å². The third-order valence-corrected chi connectivity index (χ3v) is 4.28. The minimum absolute atomic E-state index is 0.183. The zero-order valence-electron chi connectivity index (χ0n) is 12.8. The van der Waals surface area contributed by atoms with E-state index in [0.717, 1.165) is 38.3 Å². The number of aromatic carboxylic acids is 1. The van der Waals surface area contributed by atoms with Crippen molar-refractivity contribution in [1.29, 1.82) is 0 Å². The van der Waals surface area contributed by atoms with Crippen LogP contribution >= 0.6 is 0 Å². The first-order valence-electron chi connectivity index (χ1n) is 7.77. The lowest BCUT2D eigenvalue weighted by molar-refractivity contribution is -0.914. The Kier molecular flexibility index (Phi) is 4.57. The molecule has 1 saturated heterocycles. The predicted octanol–water partition coefficient (Wildman–Crippen LogP) is 0.0943. The van der Waals surface area contributed by atoms with Crippen LogP contribution in [-0.4, -0.2) is 32.1 Å². The summed E-state index contributed by atoms with van der Waals surface area (Å²) in [4.78, 5) is 14.4. The number of quaternary nitrogens is 1. The van der Waals surface area contributed by atoms with E-state index in [1.165, 1.54) is 11.0 Å². The average Bonchev–Trinajstić information content (AvgIpc) is 2.56. The molecule has 5 heteroatoms. The zero-order chi connectivity index (χ0) is 16.2. The summed E-state index contributed by atoms with van der Waals surface area (Å²) >= 11 is 0. The second-order valence-electron chi connectivity index (χ2n) is 5.85. The third kappa shape index (κ3) is 3.68. The summed E-state index contributed by atoms with van der Waals surface area (Å²) in [7, 11) is 0. The number of para-hydroxylation sites is 1. The largest absolute Gasteiger partial charge is 0.545 e. The standard InChI is InChI=1S/C18H19FN2O2/c19-16-6-1-2-7-17(16)21-10-8-20(9-11-21)13-14-4-3-5-15(12-14)18(22)23/h1-7,12H,8-11,13H2,(H,22,23). The quantitative estimate of drug-likeness (QED) is 0.870. The van der Waals surface area contributed by atoms with Gasteiger partial charge >= 0.3 is 0 Å². The first kappa shape index (κ1) is 15.5. The predicted molar refractivity (Wildman–Crippen MR) is 83.8 cm³/mol. The van der Waals surface area contributed by atoms with Gasteiger partial charge in [0.05, 0.1) is 37.8 Å². The van der Waals surface area contributed by atoms with Crippen molar-refractivity contribution in [3.63, 3.8) is 0 Å². The van der Waals surface area contributed by atoms with Crippen LogP contribution in [0.5, 0.6) is 0 Å². The molecule has 4 nitrogen and oxygen atoms in total. The van der Waals surface area contributed by atoms with Crippen LogP contribution in [0.15, 0.2) is 48.5 Å². The molecule has 3 rings (SSSR count). The summed E-state index contributed by atoms with van der Waals surface area (Å²) in [5.74, 6) is -1.33. The summed E-state index contributed by atoms with van der Waals surface area (Å²) < 4.78 is 13.8. The summed E-state index contributed by atoms with van der Waals surface area (Å²) in [5.41, 5.74) is 1.86. The Balaban J connectivity index is 1.60. The van der Waals surface area contributed by atoms with Gasteiger partial charge in [0.1, 0.15) is 12.4 Å². The Bertz CT molecular complexity index is 697. The van der Waals surface area contributed by atoms with Crippen LogP contribution in [0.3, 0.4) is 0 Å². The van der Waals surface area contributed by atoms with Crippen molar-refractivity contribution in [3.05, 3.63) is 65.5 Å². The van der Waals surface area contributed by atoms with Gasteiger partial charge in [0.15, 0.2) is 0 Å². The molecule has 0 atom stereocenters. The van der Waals surface area contributed by atoms with E-state index in [1.54, 1.807) is 24.3 Å². The van der Waals surface area contributed by atoms with E-state index in [-0.39, 0.29) is 11.4 Å². The molecule has 1 aliphatic heterocycles. The normalized spacial score (nSPS) is 15.6. The van der Waals surface area contributed by atoms with Crippen LogP contribution in [0, 0.1) is 5.82 Å². The number of carboxylic acid groups (broad SMARTS) is 1. The Morgan fingerprint density at radius 3 is 2.57 bits per heavy atom. The van der Waals surface area contributed by atoms with Crippen LogP contribution in [0.2, 0.25) is 0 Å². The number of piperazine rings is 1. The van der Waals surface area contributed by atoms with Gasteiger partial charge < -0.3 is 19.7 Å². The van der Waals surface area contributed by atoms with Gasteiger partial charge in [-0.25, -0.2) is 4.39 Å². The van der Waals surface area contributed by atoms with Gasteiger partial charge in [-0.15, -0.1) is 0 Å². The van der Waals surface area contributed by atoms with E-state index in [1.807, 2.05) is 18.2 Å². The molecule has 23 heavy (non-hydrogen) atoms. The molecule has 1 N–H and O–H groups in total.